The van der Waals surface area contributed by atoms with Gasteiger partial charge in [-0.1, -0.05) is 30.1 Å². The maximum absolute atomic E-state index is 5.56. The largest absolute Gasteiger partial charge is 1.00 e. The Kier molecular flexibility index (Phi) is 9.54. The van der Waals surface area contributed by atoms with Crippen LogP contribution in [0, 0.1) is 0 Å². The molecule has 0 aromatic carbocycles. The third kappa shape index (κ3) is 6.01. The van der Waals surface area contributed by atoms with E-state index >= 15 is 0 Å². The maximum atomic E-state index is 5.56. The highest BCUT2D eigenvalue weighted by molar-refractivity contribution is 8.25. The Morgan fingerprint density at radius 1 is 1.08 bits per heavy atom. The van der Waals surface area contributed by atoms with Crippen LogP contribution in [-0.2, 0) is 9.57 Å². The van der Waals surface area contributed by atoms with Crippen molar-refractivity contribution in [1.82, 2.24) is 19.6 Å². The zero-order chi connectivity index (χ0) is 17.4. The van der Waals surface area contributed by atoms with Crippen LogP contribution in [0.1, 0.15) is 6.42 Å². The van der Waals surface area contributed by atoms with E-state index in [9.17, 15) is 0 Å². The number of rotatable bonds is 4. The first kappa shape index (κ1) is 22.0. The van der Waals surface area contributed by atoms with E-state index < -0.39 is 0 Å². The summed E-state index contributed by atoms with van der Waals surface area (Å²) in [4.78, 5) is 18.0. The van der Waals surface area contributed by atoms with Crippen molar-refractivity contribution in [2.75, 3.05) is 47.6 Å². The van der Waals surface area contributed by atoms with Gasteiger partial charge in [-0.15, -0.1) is 19.6 Å². The van der Waals surface area contributed by atoms with Gasteiger partial charge in [0.05, 0.1) is 38.7 Å². The van der Waals surface area contributed by atoms with Crippen LogP contribution in [0.2, 0.25) is 0 Å². The van der Waals surface area contributed by atoms with Crippen molar-refractivity contribution < 1.29 is 31.5 Å². The second-order valence-electron chi connectivity index (χ2n) is 4.81. The molecule has 1 aromatic heterocycles. The molecule has 8 nitrogen and oxygen atoms in total. The van der Waals surface area contributed by atoms with Gasteiger partial charge in [0.1, 0.15) is 13.1 Å². The number of allylic oxidation sites excluding steroid dienone is 1. The van der Waals surface area contributed by atoms with Gasteiger partial charge in [0.25, 0.3) is 0 Å². The molecule has 0 amide bonds. The highest BCUT2D eigenvalue weighted by Gasteiger charge is 2.39. The number of nitrogens with zero attached hydrogens (tertiary/aromatic N) is 4. The summed E-state index contributed by atoms with van der Waals surface area (Å²) in [5.41, 5.74) is 0. The van der Waals surface area contributed by atoms with Crippen molar-refractivity contribution in [3.63, 3.8) is 0 Å². The van der Waals surface area contributed by atoms with E-state index in [1.54, 1.807) is 18.9 Å². The first-order valence-corrected chi connectivity index (χ1v) is 8.62. The maximum Gasteiger partial charge on any atom is 0.371 e. The number of halogens is 1. The molecule has 0 unspecified atom stereocenters. The van der Waals surface area contributed by atoms with E-state index in [-0.39, 0.29) is 29.1 Å². The lowest BCUT2D eigenvalue weighted by atomic mass is 10.4. The summed E-state index contributed by atoms with van der Waals surface area (Å²) >= 11 is 6.47. The van der Waals surface area contributed by atoms with E-state index in [1.807, 2.05) is 5.41 Å². The fraction of sp³-hybridized carbons (Fsp3) is 0.571. The Bertz CT molecular complexity index is 568. The summed E-state index contributed by atoms with van der Waals surface area (Å²) in [5.74, 6) is 0.463. The number of thiocarbonyl (C=S) groups is 1. The molecule has 0 atom stereocenters. The van der Waals surface area contributed by atoms with E-state index in [0.717, 1.165) is 10.6 Å². The summed E-state index contributed by atoms with van der Waals surface area (Å²) in [6, 6.07) is 0.413. The quantitative estimate of drug-likeness (QED) is 0.449. The van der Waals surface area contributed by atoms with Gasteiger partial charge in [0, 0.05) is 6.42 Å². The van der Waals surface area contributed by atoms with E-state index in [0.29, 0.717) is 32.3 Å². The van der Waals surface area contributed by atoms with Gasteiger partial charge >= 0.3 is 18.0 Å². The van der Waals surface area contributed by atoms with Crippen molar-refractivity contribution in [2.24, 2.45) is 0 Å². The zero-order valence-corrected chi connectivity index (χ0v) is 16.7. The molecule has 0 spiro atoms. The standard InChI is InChI=1S/C10H17N4O4.C4H4S2.ClH/c1-15-9-11-8(12-10(13-9)16-2)14(17-3)4-6-18-7-5-14;5-4-2-1-3-6-4;/h4-7H2,1-3H3;1,3H,2H2;1H/q+1;;/p-1. The molecule has 25 heavy (non-hydrogen) atoms. The number of methoxy groups -OCH3 is 2. The van der Waals surface area contributed by atoms with Gasteiger partial charge in [-0.05, 0) is 5.41 Å². The lowest BCUT2D eigenvalue weighted by Crippen LogP contribution is -3.00. The Hall–Kier alpha value is -1.04. The average Bonchev–Trinajstić information content (AvgIpc) is 3.13. The molecule has 140 valence electrons. The number of hydrogen-bond donors (Lipinski definition) is 0. The van der Waals surface area contributed by atoms with Crippen LogP contribution in [0.3, 0.4) is 0 Å². The molecule has 11 heteroatoms. The molecule has 3 rings (SSSR count). The SMILES string of the molecule is COc1nc(OC)nc([N+]2(OC)CCOCC2)n1.S=C1CC=CS1.[Cl-]. The molecule has 0 N–H and O–H groups in total. The van der Waals surface area contributed by atoms with Crippen LogP contribution >= 0.6 is 24.0 Å². The lowest BCUT2D eigenvalue weighted by molar-refractivity contribution is -0.166. The molecular formula is C14H21ClN4O4S2. The van der Waals surface area contributed by atoms with Gasteiger partial charge in [-0.2, -0.15) is 4.84 Å². The Morgan fingerprint density at radius 3 is 2.04 bits per heavy atom. The van der Waals surface area contributed by atoms with Crippen LogP contribution in [-0.4, -0.2) is 66.8 Å². The molecule has 0 saturated carbocycles. The minimum Gasteiger partial charge on any atom is -1.00 e. The number of thioether (sulfide) groups is 1. The number of aromatic nitrogens is 3. The summed E-state index contributed by atoms with van der Waals surface area (Å²) in [5, 5.41) is 2.03. The van der Waals surface area contributed by atoms with E-state index in [2.05, 4.69) is 21.0 Å². The molecule has 0 radical (unpaired) electrons. The summed E-state index contributed by atoms with van der Waals surface area (Å²) in [7, 11) is 4.61. The molecule has 1 fully saturated rings. The molecule has 1 saturated heterocycles. The minimum atomic E-state index is 0. The topological polar surface area (TPSA) is 75.6 Å². The van der Waals surface area contributed by atoms with Crippen LogP contribution < -0.4 is 26.5 Å². The summed E-state index contributed by atoms with van der Waals surface area (Å²) in [6.07, 6.45) is 3.08. The van der Waals surface area contributed by atoms with Crippen LogP contribution in [0.5, 0.6) is 12.0 Å². The van der Waals surface area contributed by atoms with Gasteiger partial charge in [-0.3, -0.25) is 0 Å². The molecule has 3 heterocycles. The molecule has 1 aromatic rings. The van der Waals surface area contributed by atoms with Crippen LogP contribution in [0.25, 0.3) is 0 Å². The Morgan fingerprint density at radius 2 is 1.68 bits per heavy atom. The number of hydroxylamine groups is 2. The van der Waals surface area contributed by atoms with Gasteiger partial charge in [0.2, 0.25) is 0 Å². The van der Waals surface area contributed by atoms with Gasteiger partial charge < -0.3 is 26.6 Å². The molecule has 2 aliphatic heterocycles. The van der Waals surface area contributed by atoms with Crippen molar-refractivity contribution in [3.8, 4) is 12.0 Å². The van der Waals surface area contributed by atoms with Crippen molar-refractivity contribution in [2.45, 2.75) is 6.42 Å². The molecule has 0 aliphatic carbocycles. The molecule has 0 bridgehead atoms. The highest BCUT2D eigenvalue weighted by Crippen LogP contribution is 2.24. The van der Waals surface area contributed by atoms with Crippen LogP contribution in [0.4, 0.5) is 5.95 Å². The minimum absolute atomic E-state index is 0. The van der Waals surface area contributed by atoms with Crippen molar-refractivity contribution in [3.05, 3.63) is 11.5 Å². The Balaban J connectivity index is 0.000000379. The number of hydrogen-bond acceptors (Lipinski definition) is 9. The second-order valence-corrected chi connectivity index (χ2v) is 6.56. The first-order chi connectivity index (χ1) is 11.6. The third-order valence-corrected chi connectivity index (χ3v) is 4.65. The Labute approximate surface area is 162 Å². The lowest BCUT2D eigenvalue weighted by Gasteiger charge is -2.33. The van der Waals surface area contributed by atoms with Crippen molar-refractivity contribution >= 4 is 34.1 Å². The number of morpholine rings is 1. The average molecular weight is 409 g/mol. The predicted octanol–water partition coefficient (Wildman–Crippen LogP) is -1.24. The summed E-state index contributed by atoms with van der Waals surface area (Å²) in [6.45, 7) is 2.44. The fourth-order valence-corrected chi connectivity index (χ4v) is 2.91. The summed E-state index contributed by atoms with van der Waals surface area (Å²) < 4.78 is 16.7. The normalized spacial score (nSPS) is 18.0. The van der Waals surface area contributed by atoms with E-state index in [4.69, 9.17) is 31.3 Å². The van der Waals surface area contributed by atoms with Crippen LogP contribution in [0.15, 0.2) is 11.5 Å². The van der Waals surface area contributed by atoms with Gasteiger partial charge in [-0.25, -0.2) is 0 Å². The predicted molar refractivity (Wildman–Crippen MR) is 96.2 cm³/mol. The zero-order valence-electron chi connectivity index (χ0n) is 14.3. The van der Waals surface area contributed by atoms with Crippen molar-refractivity contribution in [1.29, 1.82) is 0 Å². The first-order valence-electron chi connectivity index (χ1n) is 7.33. The fourth-order valence-electron chi connectivity index (χ4n) is 2.11. The molecule has 2 aliphatic rings. The third-order valence-electron chi connectivity index (χ3n) is 3.44. The molecular weight excluding hydrogens is 388 g/mol. The van der Waals surface area contributed by atoms with Gasteiger partial charge in [0.15, 0.2) is 0 Å². The monoisotopic (exact) mass is 408 g/mol. The highest BCUT2D eigenvalue weighted by atomic mass is 35.5. The second kappa shape index (κ2) is 10.8. The number of ether oxygens (including phenoxy) is 3. The number of quaternary nitrogens is 1. The smallest absolute Gasteiger partial charge is 0.371 e. The van der Waals surface area contributed by atoms with E-state index in [1.165, 1.54) is 14.2 Å².